The standard InChI is InChI=1S/C20H42N2O/c1-3-5-7-9-11-13-18(14-12-10-8-6-4-2)22-16-15-19(21)20(23)17-22/h18-20,23H,3-17,21H2,1-2H3/t19-,20+/m1/s1. The molecule has 3 heteroatoms. The van der Waals surface area contributed by atoms with Gasteiger partial charge >= 0.3 is 0 Å². The van der Waals surface area contributed by atoms with E-state index in [0.29, 0.717) is 6.04 Å². The minimum atomic E-state index is -0.327. The first-order valence-corrected chi connectivity index (χ1v) is 10.4. The second-order valence-electron chi connectivity index (χ2n) is 7.57. The molecule has 0 unspecified atom stereocenters. The van der Waals surface area contributed by atoms with E-state index in [0.717, 1.165) is 19.5 Å². The molecule has 1 rings (SSSR count). The largest absolute Gasteiger partial charge is 0.390 e. The molecule has 0 aromatic carbocycles. The zero-order valence-corrected chi connectivity index (χ0v) is 15.8. The zero-order chi connectivity index (χ0) is 16.9. The molecule has 1 fully saturated rings. The summed E-state index contributed by atoms with van der Waals surface area (Å²) in [7, 11) is 0. The van der Waals surface area contributed by atoms with Gasteiger partial charge in [0, 0.05) is 25.2 Å². The molecule has 0 aromatic heterocycles. The molecule has 3 nitrogen and oxygen atoms in total. The van der Waals surface area contributed by atoms with Crippen molar-refractivity contribution in [1.29, 1.82) is 0 Å². The first-order chi connectivity index (χ1) is 11.2. The van der Waals surface area contributed by atoms with E-state index in [4.69, 9.17) is 5.73 Å². The molecule has 1 aliphatic heterocycles. The summed E-state index contributed by atoms with van der Waals surface area (Å²) in [6, 6.07) is 0.654. The van der Waals surface area contributed by atoms with Gasteiger partial charge in [-0.05, 0) is 19.3 Å². The van der Waals surface area contributed by atoms with Crippen LogP contribution in [0.2, 0.25) is 0 Å². The number of rotatable bonds is 13. The van der Waals surface area contributed by atoms with Gasteiger partial charge in [0.15, 0.2) is 0 Å². The monoisotopic (exact) mass is 326 g/mol. The predicted octanol–water partition coefficient (Wildman–Crippen LogP) is 4.47. The molecule has 3 N–H and O–H groups in total. The van der Waals surface area contributed by atoms with Crippen molar-refractivity contribution in [3.05, 3.63) is 0 Å². The fourth-order valence-corrected chi connectivity index (χ4v) is 3.78. The summed E-state index contributed by atoms with van der Waals surface area (Å²) < 4.78 is 0. The normalized spacial score (nSPS) is 22.8. The van der Waals surface area contributed by atoms with Crippen LogP contribution in [0.1, 0.15) is 97.3 Å². The first kappa shape index (κ1) is 20.9. The lowest BCUT2D eigenvalue weighted by molar-refractivity contribution is 0.0263. The van der Waals surface area contributed by atoms with Gasteiger partial charge in [0.25, 0.3) is 0 Å². The number of nitrogens with two attached hydrogens (primary N) is 1. The van der Waals surface area contributed by atoms with E-state index in [1.54, 1.807) is 0 Å². The highest BCUT2D eigenvalue weighted by Crippen LogP contribution is 2.22. The van der Waals surface area contributed by atoms with E-state index in [2.05, 4.69) is 18.7 Å². The fraction of sp³-hybridized carbons (Fsp3) is 1.00. The van der Waals surface area contributed by atoms with Gasteiger partial charge in [0.05, 0.1) is 6.10 Å². The third-order valence-electron chi connectivity index (χ3n) is 5.46. The van der Waals surface area contributed by atoms with Crippen LogP contribution < -0.4 is 5.73 Å². The lowest BCUT2D eigenvalue weighted by atomic mass is 9.95. The molecule has 0 aromatic rings. The Morgan fingerprint density at radius 2 is 1.43 bits per heavy atom. The molecule has 0 spiro atoms. The van der Waals surface area contributed by atoms with E-state index in [-0.39, 0.29) is 12.1 Å². The summed E-state index contributed by atoms with van der Waals surface area (Å²) in [5.74, 6) is 0. The number of likely N-dealkylation sites (tertiary alicyclic amines) is 1. The molecule has 0 radical (unpaired) electrons. The summed E-state index contributed by atoms with van der Waals surface area (Å²) in [4.78, 5) is 2.54. The van der Waals surface area contributed by atoms with E-state index in [1.807, 2.05) is 0 Å². The maximum Gasteiger partial charge on any atom is 0.0818 e. The number of aliphatic hydroxyl groups excluding tert-OH is 1. The molecule has 138 valence electrons. The second-order valence-corrected chi connectivity index (χ2v) is 7.57. The number of nitrogens with zero attached hydrogens (tertiary/aromatic N) is 1. The van der Waals surface area contributed by atoms with Crippen molar-refractivity contribution in [3.63, 3.8) is 0 Å². The van der Waals surface area contributed by atoms with Crippen LogP contribution >= 0.6 is 0 Å². The number of β-amino-alcohol motifs (C(OH)–C–C–N with tert-alkyl or cyclic N) is 1. The quantitative estimate of drug-likeness (QED) is 0.491. The fourth-order valence-electron chi connectivity index (χ4n) is 3.78. The molecule has 0 aliphatic carbocycles. The topological polar surface area (TPSA) is 49.5 Å². The average molecular weight is 327 g/mol. The molecule has 23 heavy (non-hydrogen) atoms. The van der Waals surface area contributed by atoms with Crippen LogP contribution in [-0.4, -0.2) is 41.3 Å². The number of aliphatic hydroxyl groups is 1. The van der Waals surface area contributed by atoms with Gasteiger partial charge in [-0.2, -0.15) is 0 Å². The summed E-state index contributed by atoms with van der Waals surface area (Å²) in [5.41, 5.74) is 5.97. The molecule has 2 atom stereocenters. The zero-order valence-electron chi connectivity index (χ0n) is 15.8. The van der Waals surface area contributed by atoms with Crippen LogP contribution in [0.15, 0.2) is 0 Å². The Morgan fingerprint density at radius 1 is 0.913 bits per heavy atom. The summed E-state index contributed by atoms with van der Waals surface area (Å²) in [6.07, 6.45) is 16.8. The molecule has 0 amide bonds. The Bertz CT molecular complexity index is 258. The Labute approximate surface area is 145 Å². The Kier molecular flexibility index (Phi) is 12.0. The predicted molar refractivity (Wildman–Crippen MR) is 101 cm³/mol. The lowest BCUT2D eigenvalue weighted by Gasteiger charge is -2.39. The highest BCUT2D eigenvalue weighted by Gasteiger charge is 2.28. The molecule has 0 bridgehead atoms. The van der Waals surface area contributed by atoms with Gasteiger partial charge in [-0.3, -0.25) is 4.90 Å². The van der Waals surface area contributed by atoms with E-state index < -0.39 is 0 Å². The van der Waals surface area contributed by atoms with Gasteiger partial charge in [-0.1, -0.05) is 78.1 Å². The molecular weight excluding hydrogens is 284 g/mol. The highest BCUT2D eigenvalue weighted by atomic mass is 16.3. The maximum atomic E-state index is 10.1. The number of piperidine rings is 1. The van der Waals surface area contributed by atoms with E-state index in [1.165, 1.54) is 77.0 Å². The van der Waals surface area contributed by atoms with Crippen molar-refractivity contribution in [2.45, 2.75) is 116 Å². The number of hydrogen-bond donors (Lipinski definition) is 2. The van der Waals surface area contributed by atoms with Crippen LogP contribution in [0.4, 0.5) is 0 Å². The van der Waals surface area contributed by atoms with Gasteiger partial charge < -0.3 is 10.8 Å². The summed E-state index contributed by atoms with van der Waals surface area (Å²) in [6.45, 7) is 6.41. The van der Waals surface area contributed by atoms with Crippen LogP contribution in [0.25, 0.3) is 0 Å². The third kappa shape index (κ3) is 9.07. The molecule has 1 saturated heterocycles. The maximum absolute atomic E-state index is 10.1. The van der Waals surface area contributed by atoms with Crippen molar-refractivity contribution in [2.75, 3.05) is 13.1 Å². The first-order valence-electron chi connectivity index (χ1n) is 10.4. The summed E-state index contributed by atoms with van der Waals surface area (Å²) >= 11 is 0. The lowest BCUT2D eigenvalue weighted by Crippen LogP contribution is -2.53. The Hall–Kier alpha value is -0.120. The van der Waals surface area contributed by atoms with Crippen molar-refractivity contribution in [2.24, 2.45) is 5.73 Å². The molecular formula is C20H42N2O. The number of hydrogen-bond acceptors (Lipinski definition) is 3. The van der Waals surface area contributed by atoms with Crippen molar-refractivity contribution >= 4 is 0 Å². The highest BCUT2D eigenvalue weighted by molar-refractivity contribution is 4.86. The third-order valence-corrected chi connectivity index (χ3v) is 5.46. The minimum absolute atomic E-state index is 0.0130. The van der Waals surface area contributed by atoms with Gasteiger partial charge in [-0.25, -0.2) is 0 Å². The second kappa shape index (κ2) is 13.2. The average Bonchev–Trinajstić information content (AvgIpc) is 2.55. The van der Waals surface area contributed by atoms with E-state index in [9.17, 15) is 5.11 Å². The molecule has 0 saturated carbocycles. The molecule has 1 heterocycles. The van der Waals surface area contributed by atoms with Gasteiger partial charge in [-0.15, -0.1) is 0 Å². The van der Waals surface area contributed by atoms with Crippen LogP contribution in [0, 0.1) is 0 Å². The van der Waals surface area contributed by atoms with Gasteiger partial charge in [0.2, 0.25) is 0 Å². The van der Waals surface area contributed by atoms with Crippen LogP contribution in [0.3, 0.4) is 0 Å². The number of unbranched alkanes of at least 4 members (excludes halogenated alkanes) is 8. The Balaban J connectivity index is 2.34. The van der Waals surface area contributed by atoms with Crippen LogP contribution in [-0.2, 0) is 0 Å². The van der Waals surface area contributed by atoms with Crippen molar-refractivity contribution < 1.29 is 5.11 Å². The van der Waals surface area contributed by atoms with Crippen molar-refractivity contribution in [1.82, 2.24) is 4.90 Å². The molecule has 1 aliphatic rings. The van der Waals surface area contributed by atoms with Crippen molar-refractivity contribution in [3.8, 4) is 0 Å². The SMILES string of the molecule is CCCCCCCC(CCCCCCC)N1CC[C@@H](N)[C@@H](O)C1. The van der Waals surface area contributed by atoms with Gasteiger partial charge in [0.1, 0.15) is 0 Å². The van der Waals surface area contributed by atoms with Crippen LogP contribution in [0.5, 0.6) is 0 Å². The smallest absolute Gasteiger partial charge is 0.0818 e. The Morgan fingerprint density at radius 3 is 1.91 bits per heavy atom. The minimum Gasteiger partial charge on any atom is -0.390 e. The van der Waals surface area contributed by atoms with E-state index >= 15 is 0 Å². The summed E-state index contributed by atoms with van der Waals surface area (Å²) in [5, 5.41) is 10.1.